The number of hydrogen-bond acceptors (Lipinski definition) is 1. The van der Waals surface area contributed by atoms with Gasteiger partial charge in [0.1, 0.15) is 0 Å². The normalized spacial score (nSPS) is 12.7. The Hall–Kier alpha value is 0.813. The van der Waals surface area contributed by atoms with E-state index in [1.165, 1.54) is 0 Å². The van der Waals surface area contributed by atoms with Gasteiger partial charge in [-0.1, -0.05) is 0 Å². The van der Waals surface area contributed by atoms with E-state index in [0.717, 1.165) is 18.8 Å². The van der Waals surface area contributed by atoms with Crippen LogP contribution < -0.4 is 0 Å². The third kappa shape index (κ3) is 3.40. The van der Waals surface area contributed by atoms with Gasteiger partial charge in [-0.05, 0) is 0 Å². The van der Waals surface area contributed by atoms with E-state index in [2.05, 4.69) is 30.0 Å². The van der Waals surface area contributed by atoms with Crippen LogP contribution in [0.15, 0.2) is 0 Å². The minimum atomic E-state index is -0.818. The molecule has 0 aromatic rings. The monoisotopic (exact) mass is 173 g/mol. The number of nitrogens with zero attached hydrogens (tertiary/aromatic N) is 1. The van der Waals surface area contributed by atoms with Crippen molar-refractivity contribution in [3.05, 3.63) is 0 Å². The third-order valence-corrected chi connectivity index (χ3v) is 12.5. The molecule has 0 atom stereocenters. The van der Waals surface area contributed by atoms with Crippen molar-refractivity contribution in [3.8, 4) is 0 Å². The Kier molecular flexibility index (Phi) is 2.67. The molecule has 42 valence electrons. The summed E-state index contributed by atoms with van der Waals surface area (Å²) in [5, 5.41) is 0. The SMILES string of the molecule is C[N]([GaH2])[Si](C)(C)C. The van der Waals surface area contributed by atoms with Crippen molar-refractivity contribution in [1.29, 1.82) is 0 Å². The zero-order chi connectivity index (χ0) is 6.08. The van der Waals surface area contributed by atoms with Crippen LogP contribution in [0.3, 0.4) is 0 Å². The predicted octanol–water partition coefficient (Wildman–Crippen LogP) is 0.301. The maximum absolute atomic E-state index is 2.51. The van der Waals surface area contributed by atoms with Crippen molar-refractivity contribution in [2.24, 2.45) is 0 Å². The van der Waals surface area contributed by atoms with Gasteiger partial charge in [-0.2, -0.15) is 0 Å². The van der Waals surface area contributed by atoms with Crippen LogP contribution in [-0.4, -0.2) is 37.4 Å². The van der Waals surface area contributed by atoms with Crippen molar-refractivity contribution in [1.82, 2.24) is 3.27 Å². The minimum absolute atomic E-state index is 0.818. The van der Waals surface area contributed by atoms with E-state index in [1.807, 2.05) is 0 Å². The van der Waals surface area contributed by atoms with E-state index in [1.54, 1.807) is 0 Å². The Bertz CT molecular complexity index is 57.2. The molecule has 1 nitrogen and oxygen atoms in total. The summed E-state index contributed by atoms with van der Waals surface area (Å²) in [4.78, 5) is 0. The molecule has 0 aliphatic heterocycles. The zero-order valence-corrected chi connectivity index (χ0v) is 11.1. The van der Waals surface area contributed by atoms with Crippen LogP contribution in [0.4, 0.5) is 0 Å². The fraction of sp³-hybridized carbons (Fsp3) is 1.00. The Labute approximate surface area is 57.4 Å². The van der Waals surface area contributed by atoms with Crippen molar-refractivity contribution < 1.29 is 0 Å². The van der Waals surface area contributed by atoms with Gasteiger partial charge in [-0.15, -0.1) is 0 Å². The van der Waals surface area contributed by atoms with Gasteiger partial charge in [0.15, 0.2) is 0 Å². The molecule has 3 heteroatoms. The molecule has 0 aromatic carbocycles. The second-order valence-electron chi connectivity index (χ2n) is 3.07. The second-order valence-corrected chi connectivity index (χ2v) is 13.0. The fourth-order valence-corrected chi connectivity index (χ4v) is 0. The average molecular weight is 174 g/mol. The Balaban J connectivity index is 3.54. The van der Waals surface area contributed by atoms with E-state index in [4.69, 9.17) is 0 Å². The molecule has 0 heterocycles. The summed E-state index contributed by atoms with van der Waals surface area (Å²) in [6.07, 6.45) is 0. The van der Waals surface area contributed by atoms with Crippen molar-refractivity contribution in [2.45, 2.75) is 19.6 Å². The van der Waals surface area contributed by atoms with Crippen molar-refractivity contribution >= 4 is 27.1 Å². The van der Waals surface area contributed by atoms with Crippen LogP contribution in [0.2, 0.25) is 19.6 Å². The summed E-state index contributed by atoms with van der Waals surface area (Å²) in [6, 6.07) is 0. The average Bonchev–Trinajstić information content (AvgIpc) is 1.31. The first-order valence-corrected chi connectivity index (χ1v) is 7.94. The number of rotatable bonds is 1. The first kappa shape index (κ1) is 7.81. The molecule has 0 aliphatic carbocycles. The first-order chi connectivity index (χ1) is 2.94. The van der Waals surface area contributed by atoms with Crippen LogP contribution in [0, 0.1) is 0 Å². The quantitative estimate of drug-likeness (QED) is 0.516. The van der Waals surface area contributed by atoms with Crippen molar-refractivity contribution in [2.75, 3.05) is 7.05 Å². The molecular formula is C4H14GaNSi. The Morgan fingerprint density at radius 3 is 1.43 bits per heavy atom. The van der Waals surface area contributed by atoms with E-state index < -0.39 is 8.24 Å². The summed E-state index contributed by atoms with van der Waals surface area (Å²) >= 11 is 0.900. The molecule has 0 rings (SSSR count). The van der Waals surface area contributed by atoms with Gasteiger partial charge >= 0.3 is 57.0 Å². The van der Waals surface area contributed by atoms with Gasteiger partial charge in [0.05, 0.1) is 0 Å². The molecule has 0 saturated carbocycles. The molecule has 0 N–H and O–H groups in total. The fourth-order valence-electron chi connectivity index (χ4n) is 0. The van der Waals surface area contributed by atoms with E-state index in [9.17, 15) is 0 Å². The molecule has 7 heavy (non-hydrogen) atoms. The van der Waals surface area contributed by atoms with Crippen LogP contribution in [0.5, 0.6) is 0 Å². The molecule has 0 saturated heterocycles. The molecule has 0 amide bonds. The summed E-state index contributed by atoms with van der Waals surface area (Å²) in [7, 11) is 1.41. The van der Waals surface area contributed by atoms with Gasteiger partial charge in [0.25, 0.3) is 0 Å². The van der Waals surface area contributed by atoms with E-state index >= 15 is 0 Å². The molecule has 0 bridgehead atoms. The molecular weight excluding hydrogens is 160 g/mol. The van der Waals surface area contributed by atoms with Crippen molar-refractivity contribution in [3.63, 3.8) is 0 Å². The Morgan fingerprint density at radius 1 is 1.29 bits per heavy atom. The van der Waals surface area contributed by atoms with Gasteiger partial charge < -0.3 is 0 Å². The summed E-state index contributed by atoms with van der Waals surface area (Å²) in [6.45, 7) is 7.12. The summed E-state index contributed by atoms with van der Waals surface area (Å²) in [5.41, 5.74) is 0. The summed E-state index contributed by atoms with van der Waals surface area (Å²) < 4.78 is 2.51. The Morgan fingerprint density at radius 2 is 1.43 bits per heavy atom. The predicted molar refractivity (Wildman–Crippen MR) is 39.7 cm³/mol. The first-order valence-electron chi connectivity index (χ1n) is 2.62. The molecule has 0 aliphatic rings. The summed E-state index contributed by atoms with van der Waals surface area (Å²) in [5.74, 6) is 0. The second kappa shape index (κ2) is 2.39. The molecule has 0 fully saturated rings. The van der Waals surface area contributed by atoms with E-state index in [-0.39, 0.29) is 0 Å². The third-order valence-electron chi connectivity index (χ3n) is 1.34. The van der Waals surface area contributed by atoms with Crippen LogP contribution in [0.1, 0.15) is 0 Å². The van der Waals surface area contributed by atoms with E-state index in [0.29, 0.717) is 0 Å². The molecule has 0 spiro atoms. The topological polar surface area (TPSA) is 3.24 Å². The van der Waals surface area contributed by atoms with Gasteiger partial charge in [-0.25, -0.2) is 0 Å². The molecule has 0 unspecified atom stereocenters. The van der Waals surface area contributed by atoms with Crippen LogP contribution >= 0.6 is 0 Å². The van der Waals surface area contributed by atoms with Gasteiger partial charge in [0.2, 0.25) is 0 Å². The number of hydrogen-bond donors (Lipinski definition) is 0. The molecule has 0 aromatic heterocycles. The molecule has 0 radical (unpaired) electrons. The maximum atomic E-state index is 2.51. The van der Waals surface area contributed by atoms with Gasteiger partial charge in [0, 0.05) is 0 Å². The zero-order valence-electron chi connectivity index (χ0n) is 5.95. The standard InChI is InChI=1S/C4H12NSi.Ga.2H/c1-5-6(2,3)4;;;/h1-4H3;;;/q-1;+1;;. The van der Waals surface area contributed by atoms with Gasteiger partial charge in [-0.3, -0.25) is 0 Å². The van der Waals surface area contributed by atoms with Crippen LogP contribution in [-0.2, 0) is 0 Å². The van der Waals surface area contributed by atoms with Crippen LogP contribution in [0.25, 0.3) is 0 Å².